The van der Waals surface area contributed by atoms with Gasteiger partial charge in [0.2, 0.25) is 0 Å². The molecule has 0 bridgehead atoms. The number of pyridine rings is 1. The molecule has 6 heteroatoms. The quantitative estimate of drug-likeness (QED) is 0.784. The van der Waals surface area contributed by atoms with Crippen LogP contribution in [0.2, 0.25) is 0 Å². The van der Waals surface area contributed by atoms with E-state index in [0.29, 0.717) is 11.2 Å². The third-order valence-electron chi connectivity index (χ3n) is 2.46. The van der Waals surface area contributed by atoms with Gasteiger partial charge in [0.25, 0.3) is 0 Å². The van der Waals surface area contributed by atoms with Gasteiger partial charge in [-0.2, -0.15) is 0 Å². The molecule has 19 heavy (non-hydrogen) atoms. The number of carbonyl (C=O) groups is 2. The van der Waals surface area contributed by atoms with Crippen molar-refractivity contribution in [3.05, 3.63) is 35.8 Å². The van der Waals surface area contributed by atoms with Crippen LogP contribution in [0.3, 0.4) is 0 Å². The van der Waals surface area contributed by atoms with Crippen molar-refractivity contribution in [2.75, 3.05) is 13.2 Å². The van der Waals surface area contributed by atoms with Crippen molar-refractivity contribution in [2.24, 2.45) is 0 Å². The van der Waals surface area contributed by atoms with Crippen LogP contribution in [0, 0.1) is 0 Å². The van der Waals surface area contributed by atoms with Gasteiger partial charge in [0.15, 0.2) is 11.3 Å². The van der Waals surface area contributed by atoms with Crippen LogP contribution in [0.5, 0.6) is 0 Å². The van der Waals surface area contributed by atoms with Crippen molar-refractivity contribution in [3.8, 4) is 0 Å². The second kappa shape index (κ2) is 5.51. The SMILES string of the molecule is CCOC(=O)c1cn2cccc(C(=O)OCC)c2n1. The number of fused-ring (bicyclic) bond motifs is 1. The van der Waals surface area contributed by atoms with Crippen molar-refractivity contribution < 1.29 is 19.1 Å². The lowest BCUT2D eigenvalue weighted by Gasteiger charge is -2.02. The van der Waals surface area contributed by atoms with Crippen LogP contribution in [0.15, 0.2) is 24.5 Å². The van der Waals surface area contributed by atoms with E-state index in [2.05, 4.69) is 4.98 Å². The number of nitrogens with zero attached hydrogens (tertiary/aromatic N) is 2. The van der Waals surface area contributed by atoms with Gasteiger partial charge in [0.05, 0.1) is 13.2 Å². The standard InChI is InChI=1S/C13H14N2O4/c1-3-18-12(16)9-6-5-7-15-8-10(14-11(9)15)13(17)19-4-2/h5-8H,3-4H2,1-2H3. The second-order valence-corrected chi connectivity index (χ2v) is 3.72. The molecule has 2 heterocycles. The van der Waals surface area contributed by atoms with Crippen molar-refractivity contribution in [1.82, 2.24) is 9.38 Å². The summed E-state index contributed by atoms with van der Waals surface area (Å²) in [5, 5.41) is 0. The topological polar surface area (TPSA) is 69.9 Å². The third kappa shape index (κ3) is 2.57. The fraction of sp³-hybridized carbons (Fsp3) is 0.308. The van der Waals surface area contributed by atoms with Gasteiger partial charge < -0.3 is 13.9 Å². The highest BCUT2D eigenvalue weighted by Crippen LogP contribution is 2.13. The Kier molecular flexibility index (Phi) is 3.79. The number of rotatable bonds is 4. The molecular formula is C13H14N2O4. The Bertz CT molecular complexity index is 618. The number of aromatic nitrogens is 2. The lowest BCUT2D eigenvalue weighted by atomic mass is 10.3. The van der Waals surface area contributed by atoms with Crippen LogP contribution in [-0.4, -0.2) is 34.5 Å². The maximum Gasteiger partial charge on any atom is 0.358 e. The van der Waals surface area contributed by atoms with Gasteiger partial charge in [0, 0.05) is 12.4 Å². The maximum atomic E-state index is 11.8. The molecule has 0 unspecified atom stereocenters. The summed E-state index contributed by atoms with van der Waals surface area (Å²) in [5.74, 6) is -0.977. The molecule has 2 aromatic rings. The Morgan fingerprint density at radius 1 is 1.21 bits per heavy atom. The summed E-state index contributed by atoms with van der Waals surface area (Å²) in [6.45, 7) is 4.01. The van der Waals surface area contributed by atoms with Crippen molar-refractivity contribution in [3.63, 3.8) is 0 Å². The van der Waals surface area contributed by atoms with Crippen molar-refractivity contribution >= 4 is 17.6 Å². The summed E-state index contributed by atoms with van der Waals surface area (Å²) in [5.41, 5.74) is 0.863. The zero-order valence-corrected chi connectivity index (χ0v) is 10.8. The predicted octanol–water partition coefficient (Wildman–Crippen LogP) is 1.69. The first kappa shape index (κ1) is 13.1. The van der Waals surface area contributed by atoms with Gasteiger partial charge in [0.1, 0.15) is 5.56 Å². The van der Waals surface area contributed by atoms with Crippen LogP contribution < -0.4 is 0 Å². The summed E-state index contributed by atoms with van der Waals surface area (Å²) < 4.78 is 11.4. The molecule has 0 atom stereocenters. The summed E-state index contributed by atoms with van der Waals surface area (Å²) in [6, 6.07) is 3.30. The molecule has 0 aliphatic rings. The Morgan fingerprint density at radius 3 is 2.58 bits per heavy atom. The van der Waals surface area contributed by atoms with Gasteiger partial charge in [-0.25, -0.2) is 14.6 Å². The fourth-order valence-corrected chi connectivity index (χ4v) is 1.68. The first-order valence-electron chi connectivity index (χ1n) is 5.99. The third-order valence-corrected chi connectivity index (χ3v) is 2.46. The first-order valence-corrected chi connectivity index (χ1v) is 5.99. The molecule has 0 aliphatic heterocycles. The number of carbonyl (C=O) groups excluding carboxylic acids is 2. The van der Waals surface area contributed by atoms with Crippen LogP contribution in [0.4, 0.5) is 0 Å². The van der Waals surface area contributed by atoms with E-state index in [0.717, 1.165) is 0 Å². The molecule has 100 valence electrons. The molecule has 2 rings (SSSR count). The molecule has 0 aromatic carbocycles. The van der Waals surface area contributed by atoms with Gasteiger partial charge in [-0.15, -0.1) is 0 Å². The monoisotopic (exact) mass is 262 g/mol. The molecular weight excluding hydrogens is 248 g/mol. The van der Waals surface area contributed by atoms with E-state index in [9.17, 15) is 9.59 Å². The predicted molar refractivity (Wildman–Crippen MR) is 67.1 cm³/mol. The van der Waals surface area contributed by atoms with Crippen molar-refractivity contribution in [2.45, 2.75) is 13.8 Å². The summed E-state index contributed by atoms with van der Waals surface area (Å²) in [6.07, 6.45) is 3.23. The Morgan fingerprint density at radius 2 is 1.89 bits per heavy atom. The first-order chi connectivity index (χ1) is 9.17. The summed E-state index contributed by atoms with van der Waals surface area (Å²) in [4.78, 5) is 27.5. The van der Waals surface area contributed by atoms with E-state index in [1.165, 1.54) is 6.20 Å². The average molecular weight is 262 g/mol. The minimum atomic E-state index is -0.513. The zero-order chi connectivity index (χ0) is 13.8. The van der Waals surface area contributed by atoms with Crippen LogP contribution in [0.1, 0.15) is 34.7 Å². The fourth-order valence-electron chi connectivity index (χ4n) is 1.68. The average Bonchev–Trinajstić information content (AvgIpc) is 2.82. The smallest absolute Gasteiger partial charge is 0.358 e. The largest absolute Gasteiger partial charge is 0.462 e. The Hall–Kier alpha value is -2.37. The number of hydrogen-bond donors (Lipinski definition) is 0. The van der Waals surface area contributed by atoms with Crippen LogP contribution >= 0.6 is 0 Å². The minimum Gasteiger partial charge on any atom is -0.462 e. The van der Waals surface area contributed by atoms with Gasteiger partial charge >= 0.3 is 11.9 Å². The van der Waals surface area contributed by atoms with E-state index in [1.54, 1.807) is 36.6 Å². The molecule has 0 fully saturated rings. The Labute approximate surface area is 110 Å². The van der Waals surface area contributed by atoms with E-state index in [4.69, 9.17) is 9.47 Å². The highest BCUT2D eigenvalue weighted by Gasteiger charge is 2.17. The van der Waals surface area contributed by atoms with Gasteiger partial charge in [-0.1, -0.05) is 0 Å². The molecule has 0 saturated heterocycles. The molecule has 0 N–H and O–H groups in total. The molecule has 0 saturated carbocycles. The highest BCUT2D eigenvalue weighted by atomic mass is 16.5. The maximum absolute atomic E-state index is 11.8. The zero-order valence-electron chi connectivity index (χ0n) is 10.8. The van der Waals surface area contributed by atoms with E-state index in [1.807, 2.05) is 0 Å². The number of imidazole rings is 1. The Balaban J connectivity index is 2.45. The molecule has 2 aromatic heterocycles. The number of esters is 2. The summed E-state index contributed by atoms with van der Waals surface area (Å²) >= 11 is 0. The van der Waals surface area contributed by atoms with Crippen LogP contribution in [-0.2, 0) is 9.47 Å². The minimum absolute atomic E-state index is 0.165. The lowest BCUT2D eigenvalue weighted by Crippen LogP contribution is -2.07. The van der Waals surface area contributed by atoms with Gasteiger partial charge in [-0.3, -0.25) is 0 Å². The molecule has 0 radical (unpaired) electrons. The highest BCUT2D eigenvalue weighted by molar-refractivity contribution is 5.97. The van der Waals surface area contributed by atoms with Crippen LogP contribution in [0.25, 0.3) is 5.65 Å². The molecule has 0 amide bonds. The normalized spacial score (nSPS) is 10.4. The second-order valence-electron chi connectivity index (χ2n) is 3.72. The molecule has 0 spiro atoms. The number of ether oxygens (including phenoxy) is 2. The van der Waals surface area contributed by atoms with Gasteiger partial charge in [-0.05, 0) is 26.0 Å². The van der Waals surface area contributed by atoms with E-state index >= 15 is 0 Å². The summed E-state index contributed by atoms with van der Waals surface area (Å²) in [7, 11) is 0. The molecule has 0 aliphatic carbocycles. The van der Waals surface area contributed by atoms with E-state index < -0.39 is 11.9 Å². The van der Waals surface area contributed by atoms with E-state index in [-0.39, 0.29) is 18.9 Å². The van der Waals surface area contributed by atoms with Crippen molar-refractivity contribution in [1.29, 1.82) is 0 Å². The number of hydrogen-bond acceptors (Lipinski definition) is 5. The molecule has 6 nitrogen and oxygen atoms in total. The lowest BCUT2D eigenvalue weighted by molar-refractivity contribution is 0.0511.